The summed E-state index contributed by atoms with van der Waals surface area (Å²) in [4.78, 5) is 11.2. The van der Waals surface area contributed by atoms with Crippen LogP contribution in [0.5, 0.6) is 0 Å². The minimum absolute atomic E-state index is 0.0220. The average molecular weight is 489 g/mol. The Labute approximate surface area is 212 Å². The van der Waals surface area contributed by atoms with Crippen molar-refractivity contribution in [2.45, 2.75) is 77.2 Å². The van der Waals surface area contributed by atoms with Crippen LogP contribution in [0.1, 0.15) is 58.9 Å². The fraction of sp³-hybridized carbons (Fsp3) is 0.387. The lowest BCUT2D eigenvalue weighted by molar-refractivity contribution is -0.108. The normalized spacial score (nSPS) is 13.8. The van der Waals surface area contributed by atoms with Crippen molar-refractivity contribution in [1.29, 1.82) is 0 Å². The zero-order chi connectivity index (χ0) is 25.2. The Morgan fingerprint density at radius 2 is 1.31 bits per heavy atom. The molecule has 3 aromatic rings. The van der Waals surface area contributed by atoms with Gasteiger partial charge in [-0.05, 0) is 40.2 Å². The van der Waals surface area contributed by atoms with Gasteiger partial charge in [0, 0.05) is 12.5 Å². The maximum absolute atomic E-state index is 11.2. The van der Waals surface area contributed by atoms with Gasteiger partial charge in [-0.15, -0.1) is 0 Å². The average Bonchev–Trinajstić information content (AvgIpc) is 2.88. The first-order valence-electron chi connectivity index (χ1n) is 12.8. The molecule has 0 unspecified atom stereocenters. The third kappa shape index (κ3) is 7.00. The first kappa shape index (κ1) is 27.1. The number of rotatable bonds is 13. The van der Waals surface area contributed by atoms with Gasteiger partial charge in [0.05, 0.1) is 12.7 Å². The van der Waals surface area contributed by atoms with Gasteiger partial charge in [0.15, 0.2) is 0 Å². The summed E-state index contributed by atoms with van der Waals surface area (Å²) in [5.41, 5.74) is 1.14. The van der Waals surface area contributed by atoms with Crippen molar-refractivity contribution >= 4 is 25.0 Å². The molecule has 0 bridgehead atoms. The predicted octanol–water partition coefficient (Wildman–Crippen LogP) is 6.30. The lowest BCUT2D eigenvalue weighted by Crippen LogP contribution is -2.67. The molecule has 0 aliphatic carbocycles. The second-order valence-electron chi connectivity index (χ2n) is 10.2. The Hall–Kier alpha value is -2.53. The molecular formula is C31H40O3Si. The van der Waals surface area contributed by atoms with Crippen LogP contribution in [-0.2, 0) is 20.6 Å². The van der Waals surface area contributed by atoms with Gasteiger partial charge in [-0.25, -0.2) is 0 Å². The molecule has 4 heteroatoms. The van der Waals surface area contributed by atoms with Crippen molar-refractivity contribution in [3.63, 3.8) is 0 Å². The number of carbonyl (C=O) groups excluding carboxylic acids is 1. The molecule has 0 aromatic heterocycles. The quantitative estimate of drug-likeness (QED) is 0.209. The lowest BCUT2D eigenvalue weighted by atomic mass is 10.1. The second-order valence-corrected chi connectivity index (χ2v) is 14.5. The van der Waals surface area contributed by atoms with Gasteiger partial charge in [-0.1, -0.05) is 119 Å². The van der Waals surface area contributed by atoms with Crippen LogP contribution in [-0.4, -0.2) is 26.8 Å². The molecule has 0 aliphatic rings. The number of hydrogen-bond acceptors (Lipinski definition) is 3. The summed E-state index contributed by atoms with van der Waals surface area (Å²) in [5, 5.41) is 2.49. The molecule has 0 aliphatic heterocycles. The molecule has 3 aromatic carbocycles. The van der Waals surface area contributed by atoms with Crippen LogP contribution in [0.15, 0.2) is 91.0 Å². The maximum atomic E-state index is 11.2. The van der Waals surface area contributed by atoms with Crippen LogP contribution < -0.4 is 10.4 Å². The van der Waals surface area contributed by atoms with Gasteiger partial charge >= 0.3 is 0 Å². The molecule has 2 atom stereocenters. The summed E-state index contributed by atoms with van der Waals surface area (Å²) in [5.74, 6) is 0. The fourth-order valence-electron chi connectivity index (χ4n) is 4.84. The molecule has 0 N–H and O–H groups in total. The minimum Gasteiger partial charge on any atom is -0.404 e. The van der Waals surface area contributed by atoms with E-state index in [1.807, 2.05) is 18.2 Å². The van der Waals surface area contributed by atoms with Crippen molar-refractivity contribution in [3.8, 4) is 0 Å². The molecule has 0 saturated carbocycles. The van der Waals surface area contributed by atoms with E-state index in [1.165, 1.54) is 10.4 Å². The zero-order valence-electron chi connectivity index (χ0n) is 21.7. The lowest BCUT2D eigenvalue weighted by Gasteiger charge is -2.45. The highest BCUT2D eigenvalue weighted by Gasteiger charge is 2.51. The highest BCUT2D eigenvalue weighted by molar-refractivity contribution is 6.99. The Bertz CT molecular complexity index is 960. The molecule has 186 valence electrons. The van der Waals surface area contributed by atoms with E-state index in [4.69, 9.17) is 9.16 Å². The van der Waals surface area contributed by atoms with Crippen LogP contribution in [0.3, 0.4) is 0 Å². The van der Waals surface area contributed by atoms with Crippen molar-refractivity contribution < 1.29 is 14.0 Å². The van der Waals surface area contributed by atoms with E-state index < -0.39 is 8.32 Å². The molecule has 0 heterocycles. The van der Waals surface area contributed by atoms with Crippen molar-refractivity contribution in [1.82, 2.24) is 0 Å². The Kier molecular flexibility index (Phi) is 10.0. The Balaban J connectivity index is 1.92. The van der Waals surface area contributed by atoms with Gasteiger partial charge in [0.25, 0.3) is 8.32 Å². The van der Waals surface area contributed by atoms with Gasteiger partial charge in [0.1, 0.15) is 6.29 Å². The minimum atomic E-state index is -2.64. The van der Waals surface area contributed by atoms with E-state index in [1.54, 1.807) is 0 Å². The van der Waals surface area contributed by atoms with Crippen LogP contribution >= 0.6 is 0 Å². The van der Waals surface area contributed by atoms with Crippen molar-refractivity contribution in [3.05, 3.63) is 96.6 Å². The van der Waals surface area contributed by atoms with E-state index in [-0.39, 0.29) is 17.2 Å². The molecule has 3 nitrogen and oxygen atoms in total. The summed E-state index contributed by atoms with van der Waals surface area (Å²) in [7, 11) is -2.64. The number of aldehydes is 1. The molecule has 0 spiro atoms. The molecule has 35 heavy (non-hydrogen) atoms. The Morgan fingerprint density at radius 1 is 0.800 bits per heavy atom. The molecule has 0 amide bonds. The van der Waals surface area contributed by atoms with E-state index >= 15 is 0 Å². The van der Waals surface area contributed by atoms with Crippen LogP contribution in [0.2, 0.25) is 5.04 Å². The summed E-state index contributed by atoms with van der Waals surface area (Å²) < 4.78 is 13.7. The van der Waals surface area contributed by atoms with Crippen LogP contribution in [0.4, 0.5) is 0 Å². The highest BCUT2D eigenvalue weighted by Crippen LogP contribution is 2.38. The number of ether oxygens (including phenoxy) is 1. The largest absolute Gasteiger partial charge is 0.404 e. The Morgan fingerprint density at radius 3 is 1.77 bits per heavy atom. The van der Waals surface area contributed by atoms with Crippen molar-refractivity contribution in [2.75, 3.05) is 0 Å². The zero-order valence-corrected chi connectivity index (χ0v) is 22.7. The monoisotopic (exact) mass is 488 g/mol. The SMILES string of the molecule is CC[C@H](C[C@@H](CCC=O)OCc1ccccc1)O[Si](c1ccccc1)(c1ccccc1)C(C)(C)C. The number of benzene rings is 3. The summed E-state index contributed by atoms with van der Waals surface area (Å²) in [6.07, 6.45) is 3.82. The molecule has 0 radical (unpaired) electrons. The van der Waals surface area contributed by atoms with E-state index in [0.717, 1.165) is 24.7 Å². The topological polar surface area (TPSA) is 35.5 Å². The van der Waals surface area contributed by atoms with E-state index in [0.29, 0.717) is 19.4 Å². The third-order valence-electron chi connectivity index (χ3n) is 6.68. The molecule has 3 rings (SSSR count). The number of carbonyl (C=O) groups is 1. The van der Waals surface area contributed by atoms with Gasteiger partial charge in [-0.2, -0.15) is 0 Å². The fourth-order valence-corrected chi connectivity index (χ4v) is 9.62. The summed E-state index contributed by atoms with van der Waals surface area (Å²) in [6.45, 7) is 9.65. The standard InChI is InChI=1S/C31H40O3Si/c1-5-27(24-28(18-15-23-32)33-25-26-16-9-6-10-17-26)34-35(31(2,3)4,29-19-11-7-12-20-29)30-21-13-8-14-22-30/h6-14,16-17,19-23,27-28H,5,15,18,24-25H2,1-4H3/t27-,28-/m1/s1. The summed E-state index contributed by atoms with van der Waals surface area (Å²) >= 11 is 0. The second kappa shape index (κ2) is 13.0. The van der Waals surface area contributed by atoms with Crippen LogP contribution in [0.25, 0.3) is 0 Å². The van der Waals surface area contributed by atoms with E-state index in [9.17, 15) is 4.79 Å². The predicted molar refractivity (Wildman–Crippen MR) is 148 cm³/mol. The van der Waals surface area contributed by atoms with Gasteiger partial charge in [0.2, 0.25) is 0 Å². The van der Waals surface area contributed by atoms with Crippen LogP contribution in [0, 0.1) is 0 Å². The maximum Gasteiger partial charge on any atom is 0.261 e. The molecule has 0 fully saturated rings. The van der Waals surface area contributed by atoms with Gasteiger partial charge in [-0.3, -0.25) is 0 Å². The molecule has 0 saturated heterocycles. The third-order valence-corrected chi connectivity index (χ3v) is 11.8. The van der Waals surface area contributed by atoms with E-state index in [2.05, 4.69) is 100 Å². The van der Waals surface area contributed by atoms with Crippen molar-refractivity contribution in [2.24, 2.45) is 0 Å². The highest BCUT2D eigenvalue weighted by atomic mass is 28.4. The first-order chi connectivity index (χ1) is 16.9. The number of hydrogen-bond donors (Lipinski definition) is 0. The smallest absolute Gasteiger partial charge is 0.261 e. The summed E-state index contributed by atoms with van der Waals surface area (Å²) in [6, 6.07) is 31.7. The molecular weight excluding hydrogens is 448 g/mol. The van der Waals surface area contributed by atoms with Gasteiger partial charge < -0.3 is 14.0 Å². The first-order valence-corrected chi connectivity index (χ1v) is 14.7.